The Hall–Kier alpha value is -2.51. The van der Waals surface area contributed by atoms with Crippen molar-refractivity contribution in [2.24, 2.45) is 0 Å². The third-order valence-corrected chi connectivity index (χ3v) is 6.60. The van der Waals surface area contributed by atoms with Gasteiger partial charge in [-0.3, -0.25) is 9.59 Å². The third kappa shape index (κ3) is 4.43. The van der Waals surface area contributed by atoms with E-state index in [2.05, 4.69) is 0 Å². The maximum absolute atomic E-state index is 12.8. The zero-order valence-electron chi connectivity index (χ0n) is 15.2. The van der Waals surface area contributed by atoms with Crippen LogP contribution in [-0.2, 0) is 21.2 Å². The highest BCUT2D eigenvalue weighted by molar-refractivity contribution is 7.89. The number of carbonyl (C=O) groups excluding carboxylic acids is 2. The molecule has 0 N–H and O–H groups in total. The molecule has 6 nitrogen and oxygen atoms in total. The van der Waals surface area contributed by atoms with Gasteiger partial charge in [-0.1, -0.05) is 42.5 Å². The van der Waals surface area contributed by atoms with Crippen molar-refractivity contribution in [1.82, 2.24) is 9.21 Å². The van der Waals surface area contributed by atoms with Gasteiger partial charge in [0.05, 0.1) is 11.3 Å². The van der Waals surface area contributed by atoms with Crippen LogP contribution in [0.25, 0.3) is 0 Å². The number of amides is 1. The SMILES string of the molecule is CC(=O)c1ccc(S(=O)(=O)N2CCN(C(=O)Cc3ccccc3)CC2)cc1. The first-order chi connectivity index (χ1) is 12.9. The van der Waals surface area contributed by atoms with Crippen LogP contribution < -0.4 is 0 Å². The van der Waals surface area contributed by atoms with Crippen molar-refractivity contribution >= 4 is 21.7 Å². The summed E-state index contributed by atoms with van der Waals surface area (Å²) in [6.07, 6.45) is 0.320. The monoisotopic (exact) mass is 386 g/mol. The van der Waals surface area contributed by atoms with Gasteiger partial charge < -0.3 is 4.90 Å². The summed E-state index contributed by atoms with van der Waals surface area (Å²) in [6.45, 7) is 2.71. The van der Waals surface area contributed by atoms with Gasteiger partial charge in [0.2, 0.25) is 15.9 Å². The van der Waals surface area contributed by atoms with Crippen LogP contribution >= 0.6 is 0 Å². The minimum absolute atomic E-state index is 0.00376. The van der Waals surface area contributed by atoms with E-state index in [1.54, 1.807) is 4.90 Å². The summed E-state index contributed by atoms with van der Waals surface area (Å²) < 4.78 is 26.9. The van der Waals surface area contributed by atoms with Crippen molar-refractivity contribution in [2.45, 2.75) is 18.2 Å². The van der Waals surface area contributed by atoms with Gasteiger partial charge >= 0.3 is 0 Å². The third-order valence-electron chi connectivity index (χ3n) is 4.69. The molecule has 0 atom stereocenters. The largest absolute Gasteiger partial charge is 0.340 e. The van der Waals surface area contributed by atoms with Gasteiger partial charge in [-0.15, -0.1) is 0 Å². The molecule has 7 heteroatoms. The Morgan fingerprint density at radius 3 is 2.04 bits per heavy atom. The molecule has 0 aliphatic carbocycles. The van der Waals surface area contributed by atoms with Crippen molar-refractivity contribution in [1.29, 1.82) is 0 Å². The van der Waals surface area contributed by atoms with E-state index in [0.29, 0.717) is 25.1 Å². The highest BCUT2D eigenvalue weighted by Crippen LogP contribution is 2.19. The van der Waals surface area contributed by atoms with Crippen molar-refractivity contribution in [3.63, 3.8) is 0 Å². The van der Waals surface area contributed by atoms with Gasteiger partial charge in [0, 0.05) is 31.7 Å². The fourth-order valence-corrected chi connectivity index (χ4v) is 4.49. The van der Waals surface area contributed by atoms with Gasteiger partial charge in [0.1, 0.15) is 0 Å². The molecule has 0 bridgehead atoms. The normalized spacial score (nSPS) is 15.5. The van der Waals surface area contributed by atoms with E-state index in [1.165, 1.54) is 35.5 Å². The molecule has 1 fully saturated rings. The fourth-order valence-electron chi connectivity index (χ4n) is 3.07. The molecule has 0 spiro atoms. The number of sulfonamides is 1. The summed E-state index contributed by atoms with van der Waals surface area (Å²) in [7, 11) is -3.63. The van der Waals surface area contributed by atoms with Gasteiger partial charge in [0.15, 0.2) is 5.78 Å². The molecule has 1 saturated heterocycles. The number of Topliss-reactive ketones (excluding diaryl/α,β-unsaturated/α-hetero) is 1. The number of benzene rings is 2. The molecular formula is C20H22N2O4S. The molecule has 1 aliphatic heterocycles. The Balaban J connectivity index is 1.62. The molecular weight excluding hydrogens is 364 g/mol. The molecule has 3 rings (SSSR count). The Kier molecular flexibility index (Phi) is 5.72. The average molecular weight is 386 g/mol. The molecule has 0 unspecified atom stereocenters. The lowest BCUT2D eigenvalue weighted by Gasteiger charge is -2.34. The second-order valence-corrected chi connectivity index (χ2v) is 8.47. The Morgan fingerprint density at radius 1 is 0.889 bits per heavy atom. The topological polar surface area (TPSA) is 74.8 Å². The van der Waals surface area contributed by atoms with Gasteiger partial charge in [-0.25, -0.2) is 8.42 Å². The second-order valence-electron chi connectivity index (χ2n) is 6.53. The highest BCUT2D eigenvalue weighted by atomic mass is 32.2. The van der Waals surface area contributed by atoms with Gasteiger partial charge in [-0.2, -0.15) is 4.31 Å². The highest BCUT2D eigenvalue weighted by Gasteiger charge is 2.30. The zero-order chi connectivity index (χ0) is 19.4. The second kappa shape index (κ2) is 8.02. The summed E-state index contributed by atoms with van der Waals surface area (Å²) in [6, 6.07) is 15.5. The fraction of sp³-hybridized carbons (Fsp3) is 0.300. The summed E-state index contributed by atoms with van der Waals surface area (Å²) in [5.74, 6) is -0.103. The number of nitrogens with zero attached hydrogens (tertiary/aromatic N) is 2. The van der Waals surface area contributed by atoms with Crippen LogP contribution in [0, 0.1) is 0 Å². The molecule has 142 valence electrons. The first kappa shape index (κ1) is 19.3. The van der Waals surface area contributed by atoms with Crippen LogP contribution in [-0.4, -0.2) is 55.5 Å². The number of ketones is 1. The van der Waals surface area contributed by atoms with Gasteiger partial charge in [0.25, 0.3) is 0 Å². The lowest BCUT2D eigenvalue weighted by atomic mass is 10.1. The average Bonchev–Trinajstić information content (AvgIpc) is 2.69. The maximum atomic E-state index is 12.8. The van der Waals surface area contributed by atoms with Crippen LogP contribution in [0.1, 0.15) is 22.8 Å². The summed E-state index contributed by atoms with van der Waals surface area (Å²) in [5, 5.41) is 0. The maximum Gasteiger partial charge on any atom is 0.243 e. The minimum Gasteiger partial charge on any atom is -0.340 e. The molecule has 1 amide bonds. The van der Waals surface area contributed by atoms with Crippen LogP contribution in [0.3, 0.4) is 0 Å². The predicted octanol–water partition coefficient (Wildman–Crippen LogP) is 1.96. The van der Waals surface area contributed by atoms with E-state index in [-0.39, 0.29) is 29.7 Å². The molecule has 27 heavy (non-hydrogen) atoms. The van der Waals surface area contributed by atoms with E-state index in [9.17, 15) is 18.0 Å². The van der Waals surface area contributed by atoms with E-state index >= 15 is 0 Å². The predicted molar refractivity (Wildman–Crippen MR) is 102 cm³/mol. The molecule has 2 aromatic rings. The van der Waals surface area contributed by atoms with Crippen LogP contribution in [0.15, 0.2) is 59.5 Å². The van der Waals surface area contributed by atoms with Crippen molar-refractivity contribution in [3.8, 4) is 0 Å². The molecule has 0 radical (unpaired) electrons. The number of rotatable bonds is 5. The number of piperazine rings is 1. The smallest absolute Gasteiger partial charge is 0.243 e. The molecule has 1 heterocycles. The van der Waals surface area contributed by atoms with E-state index in [1.807, 2.05) is 30.3 Å². The Labute approximate surface area is 159 Å². The Bertz CT molecular complexity index is 916. The lowest BCUT2D eigenvalue weighted by molar-refractivity contribution is -0.131. The zero-order valence-corrected chi connectivity index (χ0v) is 16.0. The first-order valence-electron chi connectivity index (χ1n) is 8.81. The van der Waals surface area contributed by atoms with Crippen LogP contribution in [0.4, 0.5) is 0 Å². The first-order valence-corrected chi connectivity index (χ1v) is 10.2. The molecule has 0 saturated carbocycles. The number of hydrogen-bond acceptors (Lipinski definition) is 4. The van der Waals surface area contributed by atoms with E-state index in [0.717, 1.165) is 5.56 Å². The van der Waals surface area contributed by atoms with Crippen molar-refractivity contribution < 1.29 is 18.0 Å². The van der Waals surface area contributed by atoms with E-state index < -0.39 is 10.0 Å². The van der Waals surface area contributed by atoms with Crippen molar-refractivity contribution in [3.05, 3.63) is 65.7 Å². The van der Waals surface area contributed by atoms with Gasteiger partial charge in [-0.05, 0) is 24.6 Å². The number of carbonyl (C=O) groups is 2. The van der Waals surface area contributed by atoms with Crippen LogP contribution in [0.5, 0.6) is 0 Å². The standard InChI is InChI=1S/C20H22N2O4S/c1-16(23)18-7-9-19(10-8-18)27(25,26)22-13-11-21(12-14-22)20(24)15-17-5-3-2-4-6-17/h2-10H,11-15H2,1H3. The summed E-state index contributed by atoms with van der Waals surface area (Å²) >= 11 is 0. The van der Waals surface area contributed by atoms with E-state index in [4.69, 9.17) is 0 Å². The lowest BCUT2D eigenvalue weighted by Crippen LogP contribution is -2.50. The summed E-state index contributed by atoms with van der Waals surface area (Å²) in [4.78, 5) is 25.6. The molecule has 1 aliphatic rings. The number of hydrogen-bond donors (Lipinski definition) is 0. The minimum atomic E-state index is -3.63. The van der Waals surface area contributed by atoms with Crippen LogP contribution in [0.2, 0.25) is 0 Å². The quantitative estimate of drug-likeness (QED) is 0.737. The summed E-state index contributed by atoms with van der Waals surface area (Å²) in [5.41, 5.74) is 1.42. The van der Waals surface area contributed by atoms with Crippen molar-refractivity contribution in [2.75, 3.05) is 26.2 Å². The Morgan fingerprint density at radius 2 is 1.48 bits per heavy atom. The molecule has 2 aromatic carbocycles. The molecule has 0 aromatic heterocycles.